The minimum atomic E-state index is -3.05. The Balaban J connectivity index is 1.79. The molecule has 0 aliphatic heterocycles. The normalized spacial score (nSPS) is 11.8. The van der Waals surface area contributed by atoms with Crippen molar-refractivity contribution in [1.29, 1.82) is 0 Å². The van der Waals surface area contributed by atoms with Gasteiger partial charge in [0.15, 0.2) is 11.2 Å². The molecular weight excluding hydrogens is 571 g/mol. The average Bonchev–Trinajstić information content (AvgIpc) is 3.21. The Bertz CT molecular complexity index is 1440. The molecule has 38 heavy (non-hydrogen) atoms. The van der Waals surface area contributed by atoms with Crippen LogP contribution in [0, 0.1) is 12.3 Å². The number of benzene rings is 1. The zero-order valence-electron chi connectivity index (χ0n) is 22.3. The van der Waals surface area contributed by atoms with E-state index in [1.165, 1.54) is 0 Å². The fraction of sp³-hybridized carbons (Fsp3) is 0.519. The van der Waals surface area contributed by atoms with Crippen molar-refractivity contribution in [2.24, 2.45) is 7.05 Å². The Hall–Kier alpha value is -2.44. The van der Waals surface area contributed by atoms with Crippen molar-refractivity contribution in [2.45, 2.75) is 65.5 Å². The maximum atomic E-state index is 13.2. The van der Waals surface area contributed by atoms with Crippen LogP contribution in [0.5, 0.6) is 0 Å². The van der Waals surface area contributed by atoms with Crippen molar-refractivity contribution in [1.82, 2.24) is 18.7 Å². The lowest BCUT2D eigenvalue weighted by atomic mass is 10.1. The predicted octanol–water partition coefficient (Wildman–Crippen LogP) is 4.90. The lowest BCUT2D eigenvalue weighted by Gasteiger charge is -2.16. The molecule has 0 fully saturated rings. The summed E-state index contributed by atoms with van der Waals surface area (Å²) in [5, 5.41) is 0. The molecule has 1 aromatic carbocycles. The first-order valence-corrected chi connectivity index (χ1v) is 15.5. The smallest absolute Gasteiger partial charge is 0.325 e. The molecule has 2 aromatic heterocycles. The van der Waals surface area contributed by atoms with Gasteiger partial charge in [-0.05, 0) is 44.7 Å². The van der Waals surface area contributed by atoms with Gasteiger partial charge < -0.3 is 13.6 Å². The van der Waals surface area contributed by atoms with E-state index in [-0.39, 0.29) is 6.54 Å². The molecule has 0 bridgehead atoms. The zero-order valence-corrected chi connectivity index (χ0v) is 24.8. The summed E-state index contributed by atoms with van der Waals surface area (Å²) in [5.74, 6) is 3.14. The number of hydrogen-bond donors (Lipinski definition) is 0. The van der Waals surface area contributed by atoms with Gasteiger partial charge in [0.2, 0.25) is 0 Å². The van der Waals surface area contributed by atoms with Crippen LogP contribution >= 0.6 is 23.5 Å². The maximum absolute atomic E-state index is 13.2. The highest BCUT2D eigenvalue weighted by atomic mass is 79.9. The molecular formula is C27H36BrN4O5P. The number of aryl methyl sites for hydroxylation is 4. The number of hydrogen-bond acceptors (Lipinski definition) is 6. The number of imidazole rings is 1. The van der Waals surface area contributed by atoms with Crippen molar-refractivity contribution in [3.63, 3.8) is 0 Å². The Kier molecular flexibility index (Phi) is 11.2. The van der Waals surface area contributed by atoms with E-state index in [9.17, 15) is 14.2 Å². The lowest BCUT2D eigenvalue weighted by Crippen LogP contribution is -2.40. The lowest BCUT2D eigenvalue weighted by molar-refractivity contribution is 0.219. The SMILES string of the molecule is C#CCn1c(=O)c2c(nc(CCc3ccccc3Br)n2C)n(CCCCCCP(=O)(OCC)OCC)c1=O. The summed E-state index contributed by atoms with van der Waals surface area (Å²) in [4.78, 5) is 31.2. The van der Waals surface area contributed by atoms with Crippen LogP contribution in [0.3, 0.4) is 0 Å². The van der Waals surface area contributed by atoms with Crippen LogP contribution in [0.15, 0.2) is 38.3 Å². The van der Waals surface area contributed by atoms with E-state index in [0.717, 1.165) is 39.7 Å². The number of aromatic nitrogens is 4. The van der Waals surface area contributed by atoms with Crippen LogP contribution in [0.1, 0.15) is 50.9 Å². The standard InChI is InChI=1S/C27H36BrN4O5P/c1-5-18-32-26(33)24-25(29-23(30(24)4)17-16-21-14-10-11-15-22(21)28)31(27(32)34)19-12-8-9-13-20-38(35,36-6-2)37-7-3/h1,10-11,14-15H,6-9,12-13,16-20H2,2-4H3. The van der Waals surface area contributed by atoms with Crippen LogP contribution in [0.2, 0.25) is 0 Å². The van der Waals surface area contributed by atoms with Gasteiger partial charge in [-0.15, -0.1) is 6.42 Å². The Morgan fingerprint density at radius 2 is 1.71 bits per heavy atom. The molecule has 0 spiro atoms. The van der Waals surface area contributed by atoms with E-state index in [1.807, 2.05) is 24.3 Å². The van der Waals surface area contributed by atoms with Gasteiger partial charge in [-0.1, -0.05) is 52.9 Å². The number of fused-ring (bicyclic) bond motifs is 1. The number of nitrogens with zero attached hydrogens (tertiary/aromatic N) is 4. The Morgan fingerprint density at radius 3 is 2.37 bits per heavy atom. The summed E-state index contributed by atoms with van der Waals surface area (Å²) in [6, 6.07) is 7.99. The van der Waals surface area contributed by atoms with E-state index in [1.54, 1.807) is 30.0 Å². The van der Waals surface area contributed by atoms with Crippen LogP contribution in [0.25, 0.3) is 11.2 Å². The quantitative estimate of drug-likeness (QED) is 0.139. The zero-order chi connectivity index (χ0) is 27.7. The van der Waals surface area contributed by atoms with Crippen LogP contribution in [-0.4, -0.2) is 38.1 Å². The topological polar surface area (TPSA) is 97.3 Å². The van der Waals surface area contributed by atoms with Crippen molar-refractivity contribution >= 4 is 34.7 Å². The van der Waals surface area contributed by atoms with Crippen LogP contribution in [-0.2, 0) is 46.6 Å². The summed E-state index contributed by atoms with van der Waals surface area (Å²) in [6.07, 6.45) is 10.2. The monoisotopic (exact) mass is 606 g/mol. The number of halogens is 1. The molecule has 0 atom stereocenters. The van der Waals surface area contributed by atoms with E-state index < -0.39 is 18.8 Å². The highest BCUT2D eigenvalue weighted by molar-refractivity contribution is 9.10. The first-order valence-electron chi connectivity index (χ1n) is 13.0. The molecule has 0 N–H and O–H groups in total. The molecule has 3 aromatic rings. The van der Waals surface area contributed by atoms with Gasteiger partial charge in [-0.2, -0.15) is 0 Å². The molecule has 0 radical (unpaired) electrons. The van der Waals surface area contributed by atoms with Crippen molar-refractivity contribution in [2.75, 3.05) is 19.4 Å². The molecule has 2 heterocycles. The molecule has 0 aliphatic carbocycles. The number of terminal acetylenes is 1. The van der Waals surface area contributed by atoms with Crippen LogP contribution < -0.4 is 11.2 Å². The summed E-state index contributed by atoms with van der Waals surface area (Å²) in [6.45, 7) is 4.59. The molecule has 0 aliphatic rings. The third kappa shape index (κ3) is 7.15. The molecule has 0 amide bonds. The van der Waals surface area contributed by atoms with Gasteiger partial charge >= 0.3 is 13.3 Å². The van der Waals surface area contributed by atoms with Gasteiger partial charge in [-0.25, -0.2) is 14.3 Å². The molecule has 0 unspecified atom stereocenters. The molecule has 9 nitrogen and oxygen atoms in total. The minimum absolute atomic E-state index is 0.102. The second-order valence-electron chi connectivity index (χ2n) is 8.96. The summed E-state index contributed by atoms with van der Waals surface area (Å²) >= 11 is 3.58. The Labute approximate surface area is 231 Å². The second-order valence-corrected chi connectivity index (χ2v) is 12.0. The molecule has 3 rings (SSSR count). The number of unbranched alkanes of at least 4 members (excludes halogenated alkanes) is 3. The number of rotatable bonds is 15. The third-order valence-corrected chi connectivity index (χ3v) is 9.32. The van der Waals surface area contributed by atoms with Gasteiger partial charge in [0.25, 0.3) is 5.56 Å². The summed E-state index contributed by atoms with van der Waals surface area (Å²) in [5.41, 5.74) is 1.02. The van der Waals surface area contributed by atoms with Gasteiger partial charge in [0, 0.05) is 24.5 Å². The van der Waals surface area contributed by atoms with E-state index in [0.29, 0.717) is 56.3 Å². The Morgan fingerprint density at radius 1 is 1.03 bits per heavy atom. The highest BCUT2D eigenvalue weighted by Crippen LogP contribution is 2.48. The summed E-state index contributed by atoms with van der Waals surface area (Å²) < 4.78 is 28.8. The van der Waals surface area contributed by atoms with Gasteiger partial charge in [0.05, 0.1) is 25.9 Å². The van der Waals surface area contributed by atoms with Crippen LogP contribution in [0.4, 0.5) is 0 Å². The van der Waals surface area contributed by atoms with E-state index in [4.69, 9.17) is 20.5 Å². The summed E-state index contributed by atoms with van der Waals surface area (Å²) in [7, 11) is -1.25. The average molecular weight is 607 g/mol. The maximum Gasteiger partial charge on any atom is 0.333 e. The highest BCUT2D eigenvalue weighted by Gasteiger charge is 2.23. The van der Waals surface area contributed by atoms with E-state index >= 15 is 0 Å². The molecule has 0 saturated carbocycles. The van der Waals surface area contributed by atoms with Crippen molar-refractivity contribution in [3.05, 3.63) is 61.0 Å². The first-order chi connectivity index (χ1) is 18.3. The van der Waals surface area contributed by atoms with Gasteiger partial charge in [0.1, 0.15) is 5.82 Å². The van der Waals surface area contributed by atoms with Gasteiger partial charge in [-0.3, -0.25) is 13.9 Å². The second kappa shape index (κ2) is 14.1. The fourth-order valence-electron chi connectivity index (χ4n) is 4.50. The van der Waals surface area contributed by atoms with E-state index in [2.05, 4.69) is 21.9 Å². The molecule has 206 valence electrons. The van der Waals surface area contributed by atoms with Crippen molar-refractivity contribution in [3.8, 4) is 12.3 Å². The third-order valence-electron chi connectivity index (χ3n) is 6.38. The van der Waals surface area contributed by atoms with Crippen molar-refractivity contribution < 1.29 is 13.6 Å². The minimum Gasteiger partial charge on any atom is -0.325 e. The first kappa shape index (κ1) is 30.1. The molecule has 11 heteroatoms. The molecule has 0 saturated heterocycles. The predicted molar refractivity (Wildman–Crippen MR) is 154 cm³/mol. The fourth-order valence-corrected chi connectivity index (χ4v) is 6.71. The largest absolute Gasteiger partial charge is 0.333 e.